The maximum absolute atomic E-state index is 8.77. The number of aromatic nitrogens is 2. The van der Waals surface area contributed by atoms with Crippen LogP contribution < -0.4 is 10.5 Å². The zero-order valence-electron chi connectivity index (χ0n) is 11.6. The number of nitrogen functional groups attached to an aromatic ring is 1. The van der Waals surface area contributed by atoms with Gasteiger partial charge < -0.3 is 10.5 Å². The molecule has 2 N–H and O–H groups in total. The largest absolute Gasteiger partial charge is 0.439 e. The van der Waals surface area contributed by atoms with Crippen molar-refractivity contribution in [1.29, 1.82) is 5.26 Å². The van der Waals surface area contributed by atoms with Gasteiger partial charge in [0.1, 0.15) is 17.4 Å². The highest BCUT2D eigenvalue weighted by Crippen LogP contribution is 2.26. The van der Waals surface area contributed by atoms with Gasteiger partial charge in [-0.2, -0.15) is 10.2 Å². The molecule has 5 nitrogen and oxygen atoms in total. The number of nitrogens with zero attached hydrogens (tertiary/aromatic N) is 3. The number of hydrogen-bond donors (Lipinski definition) is 1. The standard InChI is InChI=1S/C15H16N4O/c1-3-4-13-18-14(17)10(2)15(19-13)20-12-7-5-11(9-16)6-8-12/h5-8H,3-4H2,1-2H3,(H2,17,18,19). The average molecular weight is 268 g/mol. The average Bonchev–Trinajstić information content (AvgIpc) is 2.45. The Morgan fingerprint density at radius 1 is 1.25 bits per heavy atom. The quantitative estimate of drug-likeness (QED) is 0.921. The van der Waals surface area contributed by atoms with E-state index in [0.29, 0.717) is 34.4 Å². The summed E-state index contributed by atoms with van der Waals surface area (Å²) in [6.45, 7) is 3.88. The molecule has 1 heterocycles. The number of aryl methyl sites for hydroxylation is 1. The lowest BCUT2D eigenvalue weighted by molar-refractivity contribution is 0.454. The van der Waals surface area contributed by atoms with Gasteiger partial charge in [-0.25, -0.2) is 4.98 Å². The van der Waals surface area contributed by atoms with Crippen LogP contribution in [-0.2, 0) is 6.42 Å². The maximum atomic E-state index is 8.77. The van der Waals surface area contributed by atoms with E-state index in [2.05, 4.69) is 23.0 Å². The predicted octanol–water partition coefficient (Wildman–Crippen LogP) is 2.98. The van der Waals surface area contributed by atoms with Crippen molar-refractivity contribution in [3.05, 3.63) is 41.2 Å². The van der Waals surface area contributed by atoms with Crippen LogP contribution in [0.2, 0.25) is 0 Å². The molecule has 2 rings (SSSR count). The molecular formula is C15H16N4O. The minimum Gasteiger partial charge on any atom is -0.439 e. The van der Waals surface area contributed by atoms with Crippen LogP contribution in [0.1, 0.15) is 30.3 Å². The Balaban J connectivity index is 2.29. The van der Waals surface area contributed by atoms with Gasteiger partial charge in [0.2, 0.25) is 5.88 Å². The Bertz CT molecular complexity index is 644. The normalized spacial score (nSPS) is 10.1. The molecule has 0 fully saturated rings. The lowest BCUT2D eigenvalue weighted by atomic mass is 10.2. The van der Waals surface area contributed by atoms with Crippen LogP contribution in [0.15, 0.2) is 24.3 Å². The SMILES string of the molecule is CCCc1nc(N)c(C)c(Oc2ccc(C#N)cc2)n1. The highest BCUT2D eigenvalue weighted by molar-refractivity contribution is 5.46. The smallest absolute Gasteiger partial charge is 0.227 e. The molecule has 2 aromatic rings. The third-order valence-electron chi connectivity index (χ3n) is 2.86. The van der Waals surface area contributed by atoms with E-state index < -0.39 is 0 Å². The van der Waals surface area contributed by atoms with Crippen LogP contribution in [0.5, 0.6) is 11.6 Å². The van der Waals surface area contributed by atoms with Crippen molar-refractivity contribution >= 4 is 5.82 Å². The number of rotatable bonds is 4. The molecule has 0 saturated heterocycles. The molecule has 0 aliphatic rings. The van der Waals surface area contributed by atoms with Crippen LogP contribution in [0.4, 0.5) is 5.82 Å². The number of nitrogens with two attached hydrogens (primary N) is 1. The van der Waals surface area contributed by atoms with Crippen LogP contribution in [-0.4, -0.2) is 9.97 Å². The minimum absolute atomic E-state index is 0.437. The van der Waals surface area contributed by atoms with E-state index >= 15 is 0 Å². The summed E-state index contributed by atoms with van der Waals surface area (Å²) < 4.78 is 5.74. The number of anilines is 1. The summed E-state index contributed by atoms with van der Waals surface area (Å²) in [5.74, 6) is 2.20. The Kier molecular flexibility index (Phi) is 4.16. The molecule has 102 valence electrons. The Morgan fingerprint density at radius 2 is 1.95 bits per heavy atom. The molecule has 0 aliphatic heterocycles. The molecule has 0 atom stereocenters. The van der Waals surface area contributed by atoms with Gasteiger partial charge in [0.25, 0.3) is 0 Å². The van der Waals surface area contributed by atoms with Crippen molar-refractivity contribution in [2.24, 2.45) is 0 Å². The number of nitriles is 1. The van der Waals surface area contributed by atoms with Gasteiger partial charge >= 0.3 is 0 Å². The van der Waals surface area contributed by atoms with Gasteiger partial charge in [0.05, 0.1) is 17.2 Å². The topological polar surface area (TPSA) is 84.8 Å². The summed E-state index contributed by atoms with van der Waals surface area (Å²) in [4.78, 5) is 8.62. The Labute approximate surface area is 118 Å². The van der Waals surface area contributed by atoms with E-state index in [0.717, 1.165) is 12.8 Å². The Morgan fingerprint density at radius 3 is 2.55 bits per heavy atom. The highest BCUT2D eigenvalue weighted by Gasteiger charge is 2.10. The van der Waals surface area contributed by atoms with Crippen molar-refractivity contribution in [3.8, 4) is 17.7 Å². The second-order valence-electron chi connectivity index (χ2n) is 4.44. The zero-order chi connectivity index (χ0) is 14.5. The summed E-state index contributed by atoms with van der Waals surface area (Å²) in [7, 11) is 0. The fraction of sp³-hybridized carbons (Fsp3) is 0.267. The van der Waals surface area contributed by atoms with Crippen LogP contribution >= 0.6 is 0 Å². The summed E-state index contributed by atoms with van der Waals surface area (Å²) in [5, 5.41) is 8.77. The monoisotopic (exact) mass is 268 g/mol. The highest BCUT2D eigenvalue weighted by atomic mass is 16.5. The van der Waals surface area contributed by atoms with Gasteiger partial charge in [0, 0.05) is 6.42 Å². The number of ether oxygens (including phenoxy) is 1. The van der Waals surface area contributed by atoms with E-state index in [-0.39, 0.29) is 0 Å². The first-order valence-corrected chi connectivity index (χ1v) is 6.45. The van der Waals surface area contributed by atoms with Crippen LogP contribution in [0.25, 0.3) is 0 Å². The lowest BCUT2D eigenvalue weighted by Crippen LogP contribution is -2.05. The number of hydrogen-bond acceptors (Lipinski definition) is 5. The number of benzene rings is 1. The predicted molar refractivity (Wildman–Crippen MR) is 76.4 cm³/mol. The summed E-state index contributed by atoms with van der Waals surface area (Å²) in [6, 6.07) is 8.92. The van der Waals surface area contributed by atoms with Crippen molar-refractivity contribution in [2.45, 2.75) is 26.7 Å². The molecule has 0 unspecified atom stereocenters. The second-order valence-corrected chi connectivity index (χ2v) is 4.44. The van der Waals surface area contributed by atoms with Crippen molar-refractivity contribution < 1.29 is 4.74 Å². The first-order chi connectivity index (χ1) is 9.63. The van der Waals surface area contributed by atoms with E-state index in [1.54, 1.807) is 24.3 Å². The van der Waals surface area contributed by atoms with Crippen molar-refractivity contribution in [2.75, 3.05) is 5.73 Å². The van der Waals surface area contributed by atoms with E-state index in [1.165, 1.54) is 0 Å². The Hall–Kier alpha value is -2.61. The molecule has 1 aromatic carbocycles. The molecular weight excluding hydrogens is 252 g/mol. The van der Waals surface area contributed by atoms with E-state index in [9.17, 15) is 0 Å². The van der Waals surface area contributed by atoms with Gasteiger partial charge in [0.15, 0.2) is 0 Å². The molecule has 0 bridgehead atoms. The van der Waals surface area contributed by atoms with Crippen LogP contribution in [0.3, 0.4) is 0 Å². The maximum Gasteiger partial charge on any atom is 0.227 e. The molecule has 0 saturated carbocycles. The van der Waals surface area contributed by atoms with E-state index in [1.807, 2.05) is 6.92 Å². The molecule has 0 aliphatic carbocycles. The van der Waals surface area contributed by atoms with Gasteiger partial charge in [-0.05, 0) is 37.6 Å². The fourth-order valence-electron chi connectivity index (χ4n) is 1.70. The van der Waals surface area contributed by atoms with E-state index in [4.69, 9.17) is 15.7 Å². The zero-order valence-corrected chi connectivity index (χ0v) is 11.6. The molecule has 0 amide bonds. The second kappa shape index (κ2) is 6.02. The molecule has 0 spiro atoms. The summed E-state index contributed by atoms with van der Waals surface area (Å²) in [5.41, 5.74) is 7.18. The summed E-state index contributed by atoms with van der Waals surface area (Å²) in [6.07, 6.45) is 1.70. The summed E-state index contributed by atoms with van der Waals surface area (Å²) >= 11 is 0. The third kappa shape index (κ3) is 3.04. The van der Waals surface area contributed by atoms with Gasteiger partial charge in [-0.3, -0.25) is 0 Å². The first-order valence-electron chi connectivity index (χ1n) is 6.45. The van der Waals surface area contributed by atoms with Gasteiger partial charge in [-0.15, -0.1) is 0 Å². The van der Waals surface area contributed by atoms with Crippen LogP contribution in [0, 0.1) is 18.3 Å². The van der Waals surface area contributed by atoms with Crippen molar-refractivity contribution in [3.63, 3.8) is 0 Å². The lowest BCUT2D eigenvalue weighted by Gasteiger charge is -2.10. The van der Waals surface area contributed by atoms with Gasteiger partial charge in [-0.1, -0.05) is 6.92 Å². The molecule has 1 aromatic heterocycles. The third-order valence-corrected chi connectivity index (χ3v) is 2.86. The molecule has 20 heavy (non-hydrogen) atoms. The van der Waals surface area contributed by atoms with Crippen molar-refractivity contribution in [1.82, 2.24) is 9.97 Å². The molecule has 5 heteroatoms. The molecule has 0 radical (unpaired) electrons. The first kappa shape index (κ1) is 13.8. The fourth-order valence-corrected chi connectivity index (χ4v) is 1.70. The minimum atomic E-state index is 0.437.